The molecule has 3 fully saturated rings. The Morgan fingerprint density at radius 2 is 1.95 bits per heavy atom. The largest absolute Gasteiger partial charge is 0.444 e. The van der Waals surface area contributed by atoms with E-state index < -0.39 is 5.60 Å². The van der Waals surface area contributed by atoms with E-state index in [0.29, 0.717) is 12.1 Å². The number of hydrogen-bond donors (Lipinski definition) is 1. The van der Waals surface area contributed by atoms with E-state index in [2.05, 4.69) is 10.2 Å². The topological polar surface area (TPSA) is 44.8 Å². The first kappa shape index (κ1) is 16.1. The number of amides is 1. The Hall–Kier alpha value is -0.810. The van der Waals surface area contributed by atoms with Gasteiger partial charge in [-0.3, -0.25) is 4.90 Å². The monoisotopic (exact) mass is 309 g/mol. The molecule has 126 valence electrons. The lowest BCUT2D eigenvalue weighted by molar-refractivity contribution is 0.0225. The van der Waals surface area contributed by atoms with Crippen LogP contribution in [-0.2, 0) is 4.74 Å². The van der Waals surface area contributed by atoms with E-state index in [1.165, 1.54) is 32.4 Å². The van der Waals surface area contributed by atoms with Crippen LogP contribution in [0.25, 0.3) is 0 Å². The zero-order valence-electron chi connectivity index (χ0n) is 14.3. The summed E-state index contributed by atoms with van der Waals surface area (Å²) in [6.07, 6.45) is 6.05. The van der Waals surface area contributed by atoms with Crippen molar-refractivity contribution in [2.45, 2.75) is 76.6 Å². The quantitative estimate of drug-likeness (QED) is 0.865. The van der Waals surface area contributed by atoms with Gasteiger partial charge in [0, 0.05) is 44.3 Å². The zero-order valence-corrected chi connectivity index (χ0v) is 14.3. The summed E-state index contributed by atoms with van der Waals surface area (Å²) in [5, 5.41) is 3.69. The van der Waals surface area contributed by atoms with Gasteiger partial charge >= 0.3 is 6.09 Å². The Balaban J connectivity index is 1.44. The SMILES string of the molecule is CC(C)(C)OC(=O)N1CCCC1CNC1CCN(C2CC2)C1. The molecule has 3 rings (SSSR count). The number of ether oxygens (including phenoxy) is 1. The summed E-state index contributed by atoms with van der Waals surface area (Å²) < 4.78 is 5.53. The van der Waals surface area contributed by atoms with Crippen LogP contribution in [0, 0.1) is 0 Å². The van der Waals surface area contributed by atoms with E-state index in [4.69, 9.17) is 4.74 Å². The van der Waals surface area contributed by atoms with Crippen LogP contribution in [0.3, 0.4) is 0 Å². The first-order chi connectivity index (χ1) is 10.4. The summed E-state index contributed by atoms with van der Waals surface area (Å²) in [7, 11) is 0. The molecule has 0 aromatic heterocycles. The Labute approximate surface area is 134 Å². The molecule has 1 aliphatic carbocycles. The van der Waals surface area contributed by atoms with Crippen molar-refractivity contribution in [2.75, 3.05) is 26.2 Å². The molecule has 22 heavy (non-hydrogen) atoms. The molecule has 2 unspecified atom stereocenters. The van der Waals surface area contributed by atoms with Crippen LogP contribution >= 0.6 is 0 Å². The van der Waals surface area contributed by atoms with Gasteiger partial charge in [0.1, 0.15) is 5.60 Å². The Morgan fingerprint density at radius 3 is 2.64 bits per heavy atom. The van der Waals surface area contributed by atoms with Crippen LogP contribution < -0.4 is 5.32 Å². The van der Waals surface area contributed by atoms with E-state index in [1.807, 2.05) is 25.7 Å². The van der Waals surface area contributed by atoms with E-state index >= 15 is 0 Å². The highest BCUT2D eigenvalue weighted by Gasteiger charge is 2.36. The summed E-state index contributed by atoms with van der Waals surface area (Å²) in [5.74, 6) is 0. The number of carbonyl (C=O) groups is 1. The van der Waals surface area contributed by atoms with Gasteiger partial charge in [-0.2, -0.15) is 0 Å². The van der Waals surface area contributed by atoms with Gasteiger partial charge in [-0.25, -0.2) is 4.79 Å². The Kier molecular flexibility index (Phi) is 4.64. The maximum atomic E-state index is 12.3. The van der Waals surface area contributed by atoms with Gasteiger partial charge in [-0.15, -0.1) is 0 Å². The number of nitrogens with zero attached hydrogens (tertiary/aromatic N) is 2. The molecule has 0 aromatic carbocycles. The minimum Gasteiger partial charge on any atom is -0.444 e. The minimum absolute atomic E-state index is 0.150. The summed E-state index contributed by atoms with van der Waals surface area (Å²) in [5.41, 5.74) is -0.409. The molecule has 2 saturated heterocycles. The molecule has 0 spiro atoms. The van der Waals surface area contributed by atoms with Crippen molar-refractivity contribution in [1.29, 1.82) is 0 Å². The first-order valence-electron chi connectivity index (χ1n) is 8.89. The van der Waals surface area contributed by atoms with E-state index in [9.17, 15) is 4.79 Å². The number of rotatable bonds is 4. The molecule has 0 aromatic rings. The van der Waals surface area contributed by atoms with E-state index in [1.54, 1.807) is 0 Å². The second-order valence-corrected chi connectivity index (χ2v) is 8.09. The van der Waals surface area contributed by atoms with Gasteiger partial charge in [-0.05, 0) is 52.9 Å². The first-order valence-corrected chi connectivity index (χ1v) is 8.89. The van der Waals surface area contributed by atoms with Crippen LogP contribution in [0.1, 0.15) is 52.9 Å². The third-order valence-electron chi connectivity index (χ3n) is 4.93. The highest BCUT2D eigenvalue weighted by atomic mass is 16.6. The van der Waals surface area contributed by atoms with Crippen molar-refractivity contribution in [2.24, 2.45) is 0 Å². The second-order valence-electron chi connectivity index (χ2n) is 8.09. The Bertz CT molecular complexity index is 403. The number of nitrogens with one attached hydrogen (secondary N) is 1. The van der Waals surface area contributed by atoms with Crippen LogP contribution in [0.5, 0.6) is 0 Å². The van der Waals surface area contributed by atoms with Gasteiger partial charge in [0.25, 0.3) is 0 Å². The lowest BCUT2D eigenvalue weighted by Crippen LogP contribution is -2.46. The standard InChI is InChI=1S/C17H31N3O2/c1-17(2,3)22-16(21)20-9-4-5-15(20)11-18-13-8-10-19(12-13)14-6-7-14/h13-15,18H,4-12H2,1-3H3. The van der Waals surface area contributed by atoms with Crippen molar-refractivity contribution >= 4 is 6.09 Å². The van der Waals surface area contributed by atoms with Crippen LogP contribution in [0.4, 0.5) is 4.79 Å². The van der Waals surface area contributed by atoms with Crippen LogP contribution in [0.15, 0.2) is 0 Å². The molecular weight excluding hydrogens is 278 g/mol. The molecule has 5 nitrogen and oxygen atoms in total. The summed E-state index contributed by atoms with van der Waals surface area (Å²) in [4.78, 5) is 16.8. The summed E-state index contributed by atoms with van der Waals surface area (Å²) in [6.45, 7) is 9.95. The molecule has 0 bridgehead atoms. The highest BCUT2D eigenvalue weighted by molar-refractivity contribution is 5.69. The number of hydrogen-bond acceptors (Lipinski definition) is 4. The zero-order chi connectivity index (χ0) is 15.7. The normalized spacial score (nSPS) is 30.0. The van der Waals surface area contributed by atoms with Crippen molar-refractivity contribution in [1.82, 2.24) is 15.1 Å². The van der Waals surface area contributed by atoms with Crippen molar-refractivity contribution in [3.05, 3.63) is 0 Å². The maximum absolute atomic E-state index is 12.3. The molecule has 2 aliphatic heterocycles. The molecular formula is C17H31N3O2. The van der Waals surface area contributed by atoms with E-state index in [-0.39, 0.29) is 6.09 Å². The molecule has 2 heterocycles. The average molecular weight is 309 g/mol. The third-order valence-corrected chi connectivity index (χ3v) is 4.93. The third kappa shape index (κ3) is 4.13. The fourth-order valence-electron chi connectivity index (χ4n) is 3.64. The number of likely N-dealkylation sites (tertiary alicyclic amines) is 2. The van der Waals surface area contributed by atoms with E-state index in [0.717, 1.165) is 32.0 Å². The maximum Gasteiger partial charge on any atom is 0.410 e. The van der Waals surface area contributed by atoms with Crippen molar-refractivity contribution in [3.8, 4) is 0 Å². The van der Waals surface area contributed by atoms with Gasteiger partial charge in [0.2, 0.25) is 0 Å². The fraction of sp³-hybridized carbons (Fsp3) is 0.941. The summed E-state index contributed by atoms with van der Waals surface area (Å²) in [6, 6.07) is 1.77. The predicted molar refractivity (Wildman–Crippen MR) is 87.0 cm³/mol. The van der Waals surface area contributed by atoms with Crippen molar-refractivity contribution in [3.63, 3.8) is 0 Å². The van der Waals surface area contributed by atoms with Crippen LogP contribution in [0.2, 0.25) is 0 Å². The van der Waals surface area contributed by atoms with Gasteiger partial charge < -0.3 is 15.0 Å². The predicted octanol–water partition coefficient (Wildman–Crippen LogP) is 2.21. The Morgan fingerprint density at radius 1 is 1.18 bits per heavy atom. The highest BCUT2D eigenvalue weighted by Crippen LogP contribution is 2.30. The molecule has 1 N–H and O–H groups in total. The van der Waals surface area contributed by atoms with Gasteiger partial charge in [-0.1, -0.05) is 0 Å². The molecule has 1 saturated carbocycles. The molecule has 3 aliphatic rings. The van der Waals surface area contributed by atoms with Gasteiger partial charge in [0.15, 0.2) is 0 Å². The molecule has 5 heteroatoms. The lowest BCUT2D eigenvalue weighted by atomic mass is 10.2. The smallest absolute Gasteiger partial charge is 0.410 e. The fourth-order valence-corrected chi connectivity index (χ4v) is 3.64. The average Bonchev–Trinajstić information content (AvgIpc) is 2.99. The molecule has 1 amide bonds. The minimum atomic E-state index is -0.409. The lowest BCUT2D eigenvalue weighted by Gasteiger charge is -2.29. The second kappa shape index (κ2) is 6.36. The van der Waals surface area contributed by atoms with Crippen LogP contribution in [-0.4, -0.2) is 65.8 Å². The molecule has 2 atom stereocenters. The van der Waals surface area contributed by atoms with Gasteiger partial charge in [0.05, 0.1) is 0 Å². The van der Waals surface area contributed by atoms with Crippen molar-refractivity contribution < 1.29 is 9.53 Å². The summed E-state index contributed by atoms with van der Waals surface area (Å²) >= 11 is 0. The number of carbonyl (C=O) groups excluding carboxylic acids is 1. The molecule has 0 radical (unpaired) electrons.